The first-order chi connectivity index (χ1) is 8.68. The summed E-state index contributed by atoms with van der Waals surface area (Å²) in [6, 6.07) is 1.58. The van der Waals surface area contributed by atoms with Crippen LogP contribution in [0.1, 0.15) is 23.2 Å². The van der Waals surface area contributed by atoms with E-state index < -0.39 is 11.5 Å². The molecule has 2 heterocycles. The highest BCUT2D eigenvalue weighted by molar-refractivity contribution is 5.93. The number of anilines is 1. The molecule has 0 aromatic carbocycles. The van der Waals surface area contributed by atoms with Crippen molar-refractivity contribution in [3.8, 4) is 0 Å². The number of nitrogens with zero attached hydrogens (tertiary/aromatic N) is 1. The van der Waals surface area contributed by atoms with E-state index in [1.807, 2.05) is 0 Å². The number of aromatic nitrogens is 1. The van der Waals surface area contributed by atoms with Crippen LogP contribution in [0, 0.1) is 0 Å². The number of nitrogens with one attached hydrogen (secondary N) is 2. The van der Waals surface area contributed by atoms with Crippen molar-refractivity contribution in [2.45, 2.75) is 12.8 Å². The Balaban J connectivity index is 1.98. The van der Waals surface area contributed by atoms with Crippen LogP contribution in [0.4, 0.5) is 5.69 Å². The van der Waals surface area contributed by atoms with Gasteiger partial charge in [0.2, 0.25) is 0 Å². The Kier molecular flexibility index (Phi) is 3.99. The van der Waals surface area contributed by atoms with Gasteiger partial charge in [-0.25, -0.2) is 4.79 Å². The van der Waals surface area contributed by atoms with Crippen molar-refractivity contribution < 1.29 is 9.90 Å². The fourth-order valence-electron chi connectivity index (χ4n) is 2.19. The van der Waals surface area contributed by atoms with Gasteiger partial charge in [-0.15, -0.1) is 0 Å². The van der Waals surface area contributed by atoms with E-state index in [1.165, 1.54) is 19.0 Å². The van der Waals surface area contributed by atoms with Gasteiger partial charge in [-0.2, -0.15) is 0 Å². The Hall–Kier alpha value is -1.82. The number of aromatic amines is 1. The second-order valence-electron chi connectivity index (χ2n) is 4.38. The van der Waals surface area contributed by atoms with Crippen molar-refractivity contribution >= 4 is 11.7 Å². The van der Waals surface area contributed by atoms with E-state index in [0.29, 0.717) is 12.2 Å². The van der Waals surface area contributed by atoms with Crippen LogP contribution >= 0.6 is 0 Å². The summed E-state index contributed by atoms with van der Waals surface area (Å²) in [5.74, 6) is -1.21. The molecule has 6 nitrogen and oxygen atoms in total. The van der Waals surface area contributed by atoms with Gasteiger partial charge in [0.25, 0.3) is 5.56 Å². The molecule has 2 rings (SSSR count). The number of likely N-dealkylation sites (tertiary alicyclic amines) is 1. The third kappa shape index (κ3) is 2.89. The Morgan fingerprint density at radius 2 is 2.17 bits per heavy atom. The molecule has 0 spiro atoms. The van der Waals surface area contributed by atoms with Crippen molar-refractivity contribution in [2.75, 3.05) is 31.5 Å². The van der Waals surface area contributed by atoms with Gasteiger partial charge in [-0.1, -0.05) is 0 Å². The number of pyridine rings is 1. The SMILES string of the molecule is O=C(O)c1c(NCCN2CCCC2)cc[nH]c1=O. The summed E-state index contributed by atoms with van der Waals surface area (Å²) < 4.78 is 0. The molecule has 6 heteroatoms. The lowest BCUT2D eigenvalue weighted by Crippen LogP contribution is -2.27. The molecule has 1 aliphatic heterocycles. The average molecular weight is 251 g/mol. The van der Waals surface area contributed by atoms with Gasteiger partial charge in [0.1, 0.15) is 5.56 Å². The molecule has 3 N–H and O–H groups in total. The van der Waals surface area contributed by atoms with Gasteiger partial charge < -0.3 is 20.3 Å². The monoisotopic (exact) mass is 251 g/mol. The van der Waals surface area contributed by atoms with Crippen LogP contribution in [0.2, 0.25) is 0 Å². The summed E-state index contributed by atoms with van der Waals surface area (Å²) in [6.07, 6.45) is 3.91. The minimum atomic E-state index is -1.21. The molecule has 98 valence electrons. The van der Waals surface area contributed by atoms with Crippen molar-refractivity contribution in [1.29, 1.82) is 0 Å². The maximum atomic E-state index is 11.4. The van der Waals surface area contributed by atoms with Crippen LogP contribution in [0.3, 0.4) is 0 Å². The van der Waals surface area contributed by atoms with E-state index in [0.717, 1.165) is 19.6 Å². The molecule has 18 heavy (non-hydrogen) atoms. The number of carbonyl (C=O) groups is 1. The van der Waals surface area contributed by atoms with E-state index in [4.69, 9.17) is 5.11 Å². The molecular formula is C12H17N3O3. The van der Waals surface area contributed by atoms with Crippen LogP contribution in [-0.2, 0) is 0 Å². The first kappa shape index (κ1) is 12.6. The van der Waals surface area contributed by atoms with E-state index in [-0.39, 0.29) is 5.56 Å². The lowest BCUT2D eigenvalue weighted by Gasteiger charge is -2.15. The van der Waals surface area contributed by atoms with Crippen LogP contribution in [0.15, 0.2) is 17.1 Å². The first-order valence-electron chi connectivity index (χ1n) is 6.09. The van der Waals surface area contributed by atoms with E-state index in [2.05, 4.69) is 15.2 Å². The van der Waals surface area contributed by atoms with E-state index >= 15 is 0 Å². The normalized spacial score (nSPS) is 15.8. The van der Waals surface area contributed by atoms with Gasteiger partial charge in [-0.05, 0) is 32.0 Å². The number of H-pyrrole nitrogens is 1. The number of hydrogen-bond acceptors (Lipinski definition) is 4. The van der Waals surface area contributed by atoms with E-state index in [9.17, 15) is 9.59 Å². The molecule has 0 aliphatic carbocycles. The molecule has 1 aliphatic rings. The van der Waals surface area contributed by atoms with Gasteiger partial charge in [0.05, 0.1) is 5.69 Å². The quantitative estimate of drug-likeness (QED) is 0.712. The number of carboxylic acids is 1. The van der Waals surface area contributed by atoms with Crippen LogP contribution < -0.4 is 10.9 Å². The fraction of sp³-hybridized carbons (Fsp3) is 0.500. The molecule has 0 atom stereocenters. The smallest absolute Gasteiger partial charge is 0.343 e. The Morgan fingerprint density at radius 1 is 1.44 bits per heavy atom. The minimum Gasteiger partial charge on any atom is -0.477 e. The standard InChI is InChI=1S/C12H17N3O3/c16-11-10(12(17)18)9(3-4-14-11)13-5-8-15-6-1-2-7-15/h3-4H,1-2,5-8H2,(H,17,18)(H2,13,14,16). The molecule has 1 fully saturated rings. The Bertz CT molecular complexity index is 478. The maximum Gasteiger partial charge on any atom is 0.343 e. The maximum absolute atomic E-state index is 11.4. The zero-order chi connectivity index (χ0) is 13.0. The van der Waals surface area contributed by atoms with Crippen molar-refractivity contribution in [2.24, 2.45) is 0 Å². The number of carboxylic acid groups (broad SMARTS) is 1. The molecule has 0 saturated carbocycles. The van der Waals surface area contributed by atoms with Gasteiger partial charge in [0.15, 0.2) is 0 Å². The zero-order valence-corrected chi connectivity index (χ0v) is 10.1. The van der Waals surface area contributed by atoms with Crippen LogP contribution in [-0.4, -0.2) is 47.1 Å². The largest absolute Gasteiger partial charge is 0.477 e. The third-order valence-corrected chi connectivity index (χ3v) is 3.12. The predicted molar refractivity (Wildman–Crippen MR) is 68.2 cm³/mol. The Morgan fingerprint density at radius 3 is 2.83 bits per heavy atom. The summed E-state index contributed by atoms with van der Waals surface area (Å²) in [4.78, 5) is 27.1. The molecule has 1 aromatic rings. The highest BCUT2D eigenvalue weighted by atomic mass is 16.4. The molecular weight excluding hydrogens is 234 g/mol. The second kappa shape index (κ2) is 5.68. The second-order valence-corrected chi connectivity index (χ2v) is 4.38. The van der Waals surface area contributed by atoms with Gasteiger partial charge in [-0.3, -0.25) is 4.79 Å². The van der Waals surface area contributed by atoms with Crippen molar-refractivity contribution in [3.63, 3.8) is 0 Å². The summed E-state index contributed by atoms with van der Waals surface area (Å²) >= 11 is 0. The van der Waals surface area contributed by atoms with Gasteiger partial charge >= 0.3 is 5.97 Å². The number of rotatable bonds is 5. The van der Waals surface area contributed by atoms with Gasteiger partial charge in [0, 0.05) is 19.3 Å². The molecule has 0 bridgehead atoms. The lowest BCUT2D eigenvalue weighted by molar-refractivity contribution is 0.0696. The average Bonchev–Trinajstić information content (AvgIpc) is 2.81. The number of hydrogen-bond donors (Lipinski definition) is 3. The first-order valence-corrected chi connectivity index (χ1v) is 6.09. The highest BCUT2D eigenvalue weighted by Crippen LogP contribution is 2.10. The summed E-state index contributed by atoms with van der Waals surface area (Å²) in [7, 11) is 0. The van der Waals surface area contributed by atoms with Crippen LogP contribution in [0.25, 0.3) is 0 Å². The molecule has 1 saturated heterocycles. The fourth-order valence-corrected chi connectivity index (χ4v) is 2.19. The third-order valence-electron chi connectivity index (χ3n) is 3.12. The molecule has 1 aromatic heterocycles. The molecule has 0 radical (unpaired) electrons. The minimum absolute atomic E-state index is 0.223. The lowest BCUT2D eigenvalue weighted by atomic mass is 10.2. The van der Waals surface area contributed by atoms with Crippen molar-refractivity contribution in [1.82, 2.24) is 9.88 Å². The number of aromatic carboxylic acids is 1. The van der Waals surface area contributed by atoms with E-state index in [1.54, 1.807) is 6.07 Å². The summed E-state index contributed by atoms with van der Waals surface area (Å²) in [5, 5.41) is 12.0. The Labute approximate surface area is 105 Å². The summed E-state index contributed by atoms with van der Waals surface area (Å²) in [5.41, 5.74) is -0.418. The molecule has 0 amide bonds. The van der Waals surface area contributed by atoms with Crippen LogP contribution in [0.5, 0.6) is 0 Å². The topological polar surface area (TPSA) is 85.4 Å². The van der Waals surface area contributed by atoms with Crippen molar-refractivity contribution in [3.05, 3.63) is 28.2 Å². The molecule has 0 unspecified atom stereocenters. The summed E-state index contributed by atoms with van der Waals surface area (Å²) in [6.45, 7) is 3.71. The predicted octanol–water partition coefficient (Wildman–Crippen LogP) is 0.581. The highest BCUT2D eigenvalue weighted by Gasteiger charge is 2.15. The zero-order valence-electron chi connectivity index (χ0n) is 10.1.